The summed E-state index contributed by atoms with van der Waals surface area (Å²) in [6.07, 6.45) is 1.23. The molecule has 0 saturated heterocycles. The van der Waals surface area contributed by atoms with Crippen LogP contribution in [0, 0.1) is 34.5 Å². The van der Waals surface area contributed by atoms with Gasteiger partial charge in [-0.2, -0.15) is 8.78 Å². The number of hydrogen-bond donors (Lipinski definition) is 2. The molecule has 0 radical (unpaired) electrons. The van der Waals surface area contributed by atoms with E-state index >= 15 is 0 Å². The predicted molar refractivity (Wildman–Crippen MR) is 61.4 cm³/mol. The highest BCUT2D eigenvalue weighted by Crippen LogP contribution is 2.49. The SMILES string of the molecule is NC(CC1(COc2c(F)c(F)c(F)c(F)c2F)CC1)=NO. The van der Waals surface area contributed by atoms with Crippen LogP contribution in [0.5, 0.6) is 5.75 Å². The molecule has 1 aromatic rings. The lowest BCUT2D eigenvalue weighted by Gasteiger charge is -2.16. The molecule has 116 valence electrons. The molecule has 1 aliphatic carbocycles. The molecule has 1 aromatic carbocycles. The Balaban J connectivity index is 2.18. The summed E-state index contributed by atoms with van der Waals surface area (Å²) in [6.45, 7) is -0.304. The smallest absolute Gasteiger partial charge is 0.206 e. The van der Waals surface area contributed by atoms with Crippen LogP contribution in [0.4, 0.5) is 22.0 Å². The number of nitrogens with two attached hydrogens (primary N) is 1. The Labute approximate surface area is 116 Å². The van der Waals surface area contributed by atoms with Crippen LogP contribution in [0.2, 0.25) is 0 Å². The Bertz CT molecular complexity index is 573. The van der Waals surface area contributed by atoms with Gasteiger partial charge in [-0.1, -0.05) is 5.16 Å². The molecule has 0 spiro atoms. The zero-order valence-electron chi connectivity index (χ0n) is 10.6. The molecule has 9 heteroatoms. The van der Waals surface area contributed by atoms with E-state index in [2.05, 4.69) is 5.16 Å². The van der Waals surface area contributed by atoms with Crippen LogP contribution < -0.4 is 10.5 Å². The average Bonchev–Trinajstić information content (AvgIpc) is 3.22. The highest BCUT2D eigenvalue weighted by molar-refractivity contribution is 5.80. The van der Waals surface area contributed by atoms with Crippen molar-refractivity contribution in [3.8, 4) is 5.75 Å². The van der Waals surface area contributed by atoms with Crippen LogP contribution in [0.15, 0.2) is 5.16 Å². The molecule has 4 nitrogen and oxygen atoms in total. The van der Waals surface area contributed by atoms with Crippen LogP contribution in [0.3, 0.4) is 0 Å². The van der Waals surface area contributed by atoms with E-state index < -0.39 is 40.3 Å². The van der Waals surface area contributed by atoms with Gasteiger partial charge in [-0.3, -0.25) is 0 Å². The molecule has 0 aromatic heterocycles. The number of oxime groups is 1. The van der Waals surface area contributed by atoms with Gasteiger partial charge in [0, 0.05) is 11.8 Å². The zero-order valence-corrected chi connectivity index (χ0v) is 10.6. The molecule has 0 aliphatic heterocycles. The standard InChI is InChI=1S/C12H11F5N2O2/c13-6-7(14)9(16)11(10(17)8(6)15)21-4-12(1-2-12)3-5(18)19-20/h20H,1-4H2,(H2,18,19). The summed E-state index contributed by atoms with van der Waals surface area (Å²) in [7, 11) is 0. The number of halogens is 5. The molecular formula is C12H11F5N2O2. The highest BCUT2D eigenvalue weighted by atomic mass is 19.2. The van der Waals surface area contributed by atoms with Crippen molar-refractivity contribution in [3.05, 3.63) is 29.1 Å². The first-order chi connectivity index (χ1) is 9.81. The lowest BCUT2D eigenvalue weighted by molar-refractivity contribution is 0.208. The molecule has 3 N–H and O–H groups in total. The Morgan fingerprint density at radius 1 is 1.05 bits per heavy atom. The van der Waals surface area contributed by atoms with E-state index in [4.69, 9.17) is 15.7 Å². The fourth-order valence-corrected chi connectivity index (χ4v) is 1.91. The van der Waals surface area contributed by atoms with Crippen molar-refractivity contribution in [2.24, 2.45) is 16.3 Å². The van der Waals surface area contributed by atoms with Crippen LogP contribution in [-0.2, 0) is 0 Å². The number of nitrogens with zero attached hydrogens (tertiary/aromatic N) is 1. The highest BCUT2D eigenvalue weighted by Gasteiger charge is 2.45. The van der Waals surface area contributed by atoms with Gasteiger partial charge in [-0.15, -0.1) is 0 Å². The topological polar surface area (TPSA) is 67.8 Å². The summed E-state index contributed by atoms with van der Waals surface area (Å²) in [5, 5.41) is 11.2. The van der Waals surface area contributed by atoms with E-state index in [-0.39, 0.29) is 18.9 Å². The minimum atomic E-state index is -2.24. The molecule has 21 heavy (non-hydrogen) atoms. The lowest BCUT2D eigenvalue weighted by atomic mass is 10.0. The van der Waals surface area contributed by atoms with E-state index in [0.717, 1.165) is 0 Å². The molecule has 0 unspecified atom stereocenters. The van der Waals surface area contributed by atoms with Crippen molar-refractivity contribution in [3.63, 3.8) is 0 Å². The van der Waals surface area contributed by atoms with Gasteiger partial charge in [-0.25, -0.2) is 13.2 Å². The second-order valence-electron chi connectivity index (χ2n) is 4.96. The maximum Gasteiger partial charge on any atom is 0.206 e. The Hall–Kier alpha value is -2.06. The minimum absolute atomic E-state index is 0.0961. The van der Waals surface area contributed by atoms with Gasteiger partial charge in [0.05, 0.1) is 6.61 Å². The van der Waals surface area contributed by atoms with E-state index in [9.17, 15) is 22.0 Å². The van der Waals surface area contributed by atoms with Gasteiger partial charge >= 0.3 is 0 Å². The monoisotopic (exact) mass is 310 g/mol. The van der Waals surface area contributed by atoms with E-state index in [1.165, 1.54) is 0 Å². The van der Waals surface area contributed by atoms with E-state index in [1.54, 1.807) is 0 Å². The van der Waals surface area contributed by atoms with Crippen molar-refractivity contribution in [1.29, 1.82) is 0 Å². The molecule has 2 rings (SSSR count). The summed E-state index contributed by atoms with van der Waals surface area (Å²) in [5.41, 5.74) is 4.71. The number of rotatable bonds is 5. The molecule has 0 heterocycles. The summed E-state index contributed by atoms with van der Waals surface area (Å²) >= 11 is 0. The van der Waals surface area contributed by atoms with Crippen molar-refractivity contribution in [2.45, 2.75) is 19.3 Å². The predicted octanol–water partition coefficient (Wildman–Crippen LogP) is 2.68. The zero-order chi connectivity index (χ0) is 15.8. The Morgan fingerprint density at radius 2 is 1.52 bits per heavy atom. The van der Waals surface area contributed by atoms with Gasteiger partial charge in [0.15, 0.2) is 5.75 Å². The molecule has 1 saturated carbocycles. The number of hydrogen-bond acceptors (Lipinski definition) is 3. The second-order valence-corrected chi connectivity index (χ2v) is 4.96. The maximum absolute atomic E-state index is 13.4. The van der Waals surface area contributed by atoms with Gasteiger partial charge < -0.3 is 15.7 Å². The minimum Gasteiger partial charge on any atom is -0.487 e. The third-order valence-corrected chi connectivity index (χ3v) is 3.33. The fourth-order valence-electron chi connectivity index (χ4n) is 1.91. The Kier molecular flexibility index (Phi) is 3.93. The first kappa shape index (κ1) is 15.3. The summed E-state index contributed by atoms with van der Waals surface area (Å²) < 4.78 is 70.4. The van der Waals surface area contributed by atoms with Gasteiger partial charge in [0.2, 0.25) is 29.1 Å². The van der Waals surface area contributed by atoms with Crippen molar-refractivity contribution < 1.29 is 31.9 Å². The molecule has 0 bridgehead atoms. The fraction of sp³-hybridized carbons (Fsp3) is 0.417. The first-order valence-corrected chi connectivity index (χ1v) is 5.92. The van der Waals surface area contributed by atoms with Crippen LogP contribution in [-0.4, -0.2) is 17.6 Å². The van der Waals surface area contributed by atoms with E-state index in [1.807, 2.05) is 0 Å². The summed E-state index contributed by atoms with van der Waals surface area (Å²) in [5.74, 6) is -11.8. The quantitative estimate of drug-likeness (QED) is 0.167. The maximum atomic E-state index is 13.4. The first-order valence-electron chi connectivity index (χ1n) is 5.92. The molecule has 1 fully saturated rings. The van der Waals surface area contributed by atoms with Crippen LogP contribution in [0.25, 0.3) is 0 Å². The summed E-state index contributed by atoms with van der Waals surface area (Å²) in [6, 6.07) is 0. The Morgan fingerprint density at radius 3 is 1.95 bits per heavy atom. The van der Waals surface area contributed by atoms with Crippen LogP contribution >= 0.6 is 0 Å². The van der Waals surface area contributed by atoms with Crippen molar-refractivity contribution in [2.75, 3.05) is 6.61 Å². The normalized spacial score (nSPS) is 16.9. The lowest BCUT2D eigenvalue weighted by Crippen LogP contribution is -2.23. The average molecular weight is 310 g/mol. The number of amidine groups is 1. The van der Waals surface area contributed by atoms with Crippen molar-refractivity contribution >= 4 is 5.84 Å². The second kappa shape index (κ2) is 5.38. The number of ether oxygens (including phenoxy) is 1. The third kappa shape index (κ3) is 2.86. The van der Waals surface area contributed by atoms with Crippen LogP contribution in [0.1, 0.15) is 19.3 Å². The van der Waals surface area contributed by atoms with Crippen molar-refractivity contribution in [1.82, 2.24) is 0 Å². The third-order valence-electron chi connectivity index (χ3n) is 3.33. The molecule has 1 aliphatic rings. The van der Waals surface area contributed by atoms with E-state index in [0.29, 0.717) is 12.8 Å². The molecular weight excluding hydrogens is 299 g/mol. The number of benzene rings is 1. The molecule has 0 amide bonds. The largest absolute Gasteiger partial charge is 0.487 e. The molecule has 0 atom stereocenters. The van der Waals surface area contributed by atoms with Gasteiger partial charge in [0.1, 0.15) is 5.84 Å². The van der Waals surface area contributed by atoms with Gasteiger partial charge in [-0.05, 0) is 12.8 Å². The summed E-state index contributed by atoms with van der Waals surface area (Å²) in [4.78, 5) is 0. The van der Waals surface area contributed by atoms with Gasteiger partial charge in [0.25, 0.3) is 0 Å².